The van der Waals surface area contributed by atoms with Gasteiger partial charge < -0.3 is 9.84 Å². The second kappa shape index (κ2) is 4.49. The van der Waals surface area contributed by atoms with Crippen LogP contribution in [0.1, 0.15) is 18.4 Å². The predicted octanol–water partition coefficient (Wildman–Crippen LogP) is 2.48. The van der Waals surface area contributed by atoms with Crippen molar-refractivity contribution in [1.82, 2.24) is 0 Å². The number of aliphatic hydroxyl groups is 1. The van der Waals surface area contributed by atoms with Gasteiger partial charge in [0.05, 0.1) is 7.11 Å². The molecule has 80 valence electrons. The summed E-state index contributed by atoms with van der Waals surface area (Å²) in [7, 11) is 1.68. The van der Waals surface area contributed by atoms with Crippen molar-refractivity contribution in [3.63, 3.8) is 0 Å². The molecule has 0 amide bonds. The molecule has 0 aromatic heterocycles. The lowest BCUT2D eigenvalue weighted by molar-refractivity contribution is 0.234. The number of aliphatic hydroxyl groups excluding tert-OH is 1. The van der Waals surface area contributed by atoms with E-state index in [-0.39, 0.29) is 6.61 Å². The molecule has 0 unspecified atom stereocenters. The second-order valence-electron chi connectivity index (χ2n) is 3.95. The molecule has 0 fully saturated rings. The monoisotopic (exact) mass is 204 g/mol. The fourth-order valence-electron chi connectivity index (χ4n) is 1.98. The summed E-state index contributed by atoms with van der Waals surface area (Å²) in [6.45, 7) is 0.282. The molecule has 0 saturated carbocycles. The molecular formula is C13H16O2. The van der Waals surface area contributed by atoms with E-state index in [2.05, 4.69) is 12.1 Å². The minimum atomic E-state index is 0.282. The lowest BCUT2D eigenvalue weighted by Crippen LogP contribution is -1.99. The highest BCUT2D eigenvalue weighted by Crippen LogP contribution is 2.33. The van der Waals surface area contributed by atoms with Crippen molar-refractivity contribution in [3.8, 4) is 5.75 Å². The zero-order chi connectivity index (χ0) is 10.7. The minimum Gasteiger partial charge on any atom is -0.497 e. The van der Waals surface area contributed by atoms with Crippen molar-refractivity contribution in [3.05, 3.63) is 35.9 Å². The van der Waals surface area contributed by atoms with Crippen molar-refractivity contribution in [2.24, 2.45) is 5.92 Å². The number of methoxy groups -OCH3 is 1. The molecule has 1 aromatic rings. The third kappa shape index (κ3) is 2.21. The fraction of sp³-hybridized carbons (Fsp3) is 0.385. The molecule has 1 aliphatic carbocycles. The highest BCUT2D eigenvalue weighted by molar-refractivity contribution is 5.68. The summed E-state index contributed by atoms with van der Waals surface area (Å²) in [6.07, 6.45) is 4.18. The Bertz CT molecular complexity index is 369. The Labute approximate surface area is 90.2 Å². The largest absolute Gasteiger partial charge is 0.497 e. The van der Waals surface area contributed by atoms with Crippen LogP contribution in [0.2, 0.25) is 0 Å². The maximum absolute atomic E-state index is 9.07. The highest BCUT2D eigenvalue weighted by Gasteiger charge is 2.17. The average molecular weight is 204 g/mol. The summed E-state index contributed by atoms with van der Waals surface area (Å²) < 4.78 is 5.19. The van der Waals surface area contributed by atoms with Gasteiger partial charge in [0.15, 0.2) is 0 Å². The summed E-state index contributed by atoms with van der Waals surface area (Å²) >= 11 is 0. The molecule has 0 saturated heterocycles. The zero-order valence-corrected chi connectivity index (χ0v) is 8.94. The molecule has 0 radical (unpaired) electrons. The number of hydrogen-bond acceptors (Lipinski definition) is 2. The number of benzene rings is 1. The van der Waals surface area contributed by atoms with Crippen molar-refractivity contribution < 1.29 is 9.84 Å². The summed E-state index contributed by atoms with van der Waals surface area (Å²) in [5.74, 6) is 1.30. The van der Waals surface area contributed by atoms with Crippen LogP contribution in [0.25, 0.3) is 5.57 Å². The Morgan fingerprint density at radius 1 is 1.47 bits per heavy atom. The molecule has 0 spiro atoms. The van der Waals surface area contributed by atoms with Crippen LogP contribution < -0.4 is 4.74 Å². The Hall–Kier alpha value is -1.28. The van der Waals surface area contributed by atoms with Gasteiger partial charge in [0.1, 0.15) is 5.75 Å². The Balaban J connectivity index is 2.16. The van der Waals surface area contributed by atoms with E-state index >= 15 is 0 Å². The van der Waals surface area contributed by atoms with Gasteiger partial charge in [-0.05, 0) is 42.0 Å². The summed E-state index contributed by atoms with van der Waals surface area (Å²) in [5.41, 5.74) is 2.54. The first-order chi connectivity index (χ1) is 7.33. The third-order valence-corrected chi connectivity index (χ3v) is 2.90. The molecule has 2 rings (SSSR count). The normalized spacial score (nSPS) is 20.1. The molecule has 1 N–H and O–H groups in total. The topological polar surface area (TPSA) is 29.5 Å². The maximum atomic E-state index is 9.07. The summed E-state index contributed by atoms with van der Waals surface area (Å²) in [6, 6.07) is 8.09. The maximum Gasteiger partial charge on any atom is 0.119 e. The molecule has 0 bridgehead atoms. The first-order valence-corrected chi connectivity index (χ1v) is 5.28. The number of rotatable bonds is 3. The van der Waals surface area contributed by atoms with Gasteiger partial charge in [-0.15, -0.1) is 0 Å². The molecule has 1 aliphatic rings. The zero-order valence-electron chi connectivity index (χ0n) is 8.94. The van der Waals surface area contributed by atoms with Crippen LogP contribution in [0, 0.1) is 5.92 Å². The Kier molecular flexibility index (Phi) is 3.07. The van der Waals surface area contributed by atoms with Crippen LogP contribution in [0.3, 0.4) is 0 Å². The van der Waals surface area contributed by atoms with E-state index in [1.54, 1.807) is 7.11 Å². The molecule has 2 heteroatoms. The fourth-order valence-corrected chi connectivity index (χ4v) is 1.98. The van der Waals surface area contributed by atoms with Gasteiger partial charge in [0.25, 0.3) is 0 Å². The lowest BCUT2D eigenvalue weighted by Gasteiger charge is -2.07. The van der Waals surface area contributed by atoms with Crippen molar-refractivity contribution >= 4 is 5.57 Å². The SMILES string of the molecule is COc1cccc(C2=CC[C@H](CO)C2)c1. The Morgan fingerprint density at radius 2 is 2.33 bits per heavy atom. The van der Waals surface area contributed by atoms with E-state index in [9.17, 15) is 0 Å². The summed E-state index contributed by atoms with van der Waals surface area (Å²) in [4.78, 5) is 0. The summed E-state index contributed by atoms with van der Waals surface area (Å²) in [5, 5.41) is 9.07. The van der Waals surface area contributed by atoms with Crippen LogP contribution in [0.4, 0.5) is 0 Å². The molecule has 15 heavy (non-hydrogen) atoms. The molecule has 1 aromatic carbocycles. The van der Waals surface area contributed by atoms with Crippen LogP contribution in [-0.4, -0.2) is 18.8 Å². The first kappa shape index (κ1) is 10.2. The van der Waals surface area contributed by atoms with Crippen LogP contribution in [0.15, 0.2) is 30.3 Å². The predicted molar refractivity (Wildman–Crippen MR) is 60.8 cm³/mol. The van der Waals surface area contributed by atoms with Crippen LogP contribution in [-0.2, 0) is 0 Å². The quantitative estimate of drug-likeness (QED) is 0.819. The van der Waals surface area contributed by atoms with Gasteiger partial charge in [-0.3, -0.25) is 0 Å². The standard InChI is InChI=1S/C13H16O2/c1-15-13-4-2-3-11(8-13)12-6-5-10(7-12)9-14/h2-4,6,8,10,14H,5,7,9H2,1H3/t10-/m0/s1. The second-order valence-corrected chi connectivity index (χ2v) is 3.95. The minimum absolute atomic E-state index is 0.282. The van der Waals surface area contributed by atoms with Gasteiger partial charge in [-0.25, -0.2) is 0 Å². The molecule has 1 atom stereocenters. The van der Waals surface area contributed by atoms with Gasteiger partial charge in [-0.1, -0.05) is 18.2 Å². The lowest BCUT2D eigenvalue weighted by atomic mass is 10.0. The van der Waals surface area contributed by atoms with Gasteiger partial charge in [0, 0.05) is 6.61 Å². The van der Waals surface area contributed by atoms with Crippen LogP contribution >= 0.6 is 0 Å². The van der Waals surface area contributed by atoms with Gasteiger partial charge in [-0.2, -0.15) is 0 Å². The number of hydrogen-bond donors (Lipinski definition) is 1. The van der Waals surface area contributed by atoms with Crippen LogP contribution in [0.5, 0.6) is 5.75 Å². The molecule has 2 nitrogen and oxygen atoms in total. The van der Waals surface area contributed by atoms with E-state index < -0.39 is 0 Å². The Morgan fingerprint density at radius 3 is 3.00 bits per heavy atom. The number of ether oxygens (including phenoxy) is 1. The van der Waals surface area contributed by atoms with Gasteiger partial charge in [0.2, 0.25) is 0 Å². The van der Waals surface area contributed by atoms with E-state index in [1.807, 2.05) is 18.2 Å². The van der Waals surface area contributed by atoms with E-state index in [1.165, 1.54) is 11.1 Å². The third-order valence-electron chi connectivity index (χ3n) is 2.90. The van der Waals surface area contributed by atoms with Crippen molar-refractivity contribution in [1.29, 1.82) is 0 Å². The first-order valence-electron chi connectivity index (χ1n) is 5.28. The molecule has 0 aliphatic heterocycles. The van der Waals surface area contributed by atoms with E-state index in [0.717, 1.165) is 18.6 Å². The smallest absolute Gasteiger partial charge is 0.119 e. The average Bonchev–Trinajstić information content (AvgIpc) is 2.78. The van der Waals surface area contributed by atoms with Gasteiger partial charge >= 0.3 is 0 Å². The highest BCUT2D eigenvalue weighted by atomic mass is 16.5. The number of allylic oxidation sites excluding steroid dienone is 2. The molecule has 0 heterocycles. The van der Waals surface area contributed by atoms with Crippen molar-refractivity contribution in [2.75, 3.05) is 13.7 Å². The van der Waals surface area contributed by atoms with E-state index in [4.69, 9.17) is 9.84 Å². The van der Waals surface area contributed by atoms with Crippen molar-refractivity contribution in [2.45, 2.75) is 12.8 Å². The molecular weight excluding hydrogens is 188 g/mol. The van der Waals surface area contributed by atoms with E-state index in [0.29, 0.717) is 5.92 Å².